The predicted octanol–water partition coefficient (Wildman–Crippen LogP) is 4.40. The average Bonchev–Trinajstić information content (AvgIpc) is 2.77. The third-order valence-corrected chi connectivity index (χ3v) is 6.01. The molecular weight excluding hydrogens is 423 g/mol. The lowest BCUT2D eigenvalue weighted by Crippen LogP contribution is -2.42. The predicted molar refractivity (Wildman–Crippen MR) is 124 cm³/mol. The molecule has 1 aliphatic rings. The van der Waals surface area contributed by atoms with Crippen LogP contribution in [0.1, 0.15) is 56.2 Å². The van der Waals surface area contributed by atoms with Gasteiger partial charge in [-0.2, -0.15) is 0 Å². The smallest absolute Gasteiger partial charge is 0.410 e. The van der Waals surface area contributed by atoms with Gasteiger partial charge in [-0.25, -0.2) is 14.2 Å². The van der Waals surface area contributed by atoms with Gasteiger partial charge >= 0.3 is 6.09 Å². The fourth-order valence-electron chi connectivity index (χ4n) is 4.42. The van der Waals surface area contributed by atoms with E-state index in [0.29, 0.717) is 48.2 Å². The lowest BCUT2D eigenvalue weighted by Gasteiger charge is -2.34. The molecule has 3 aromatic rings. The van der Waals surface area contributed by atoms with Gasteiger partial charge in [-0.3, -0.25) is 14.3 Å². The van der Waals surface area contributed by atoms with Crippen molar-refractivity contribution in [1.82, 2.24) is 19.4 Å². The van der Waals surface area contributed by atoms with Gasteiger partial charge in [0.05, 0.1) is 6.54 Å². The number of fused-ring (bicyclic) bond motifs is 1. The molecule has 0 atom stereocenters. The van der Waals surface area contributed by atoms with E-state index < -0.39 is 5.60 Å². The highest BCUT2D eigenvalue weighted by molar-refractivity contribution is 5.75. The third kappa shape index (κ3) is 4.74. The second kappa shape index (κ2) is 8.92. The number of pyridine rings is 1. The van der Waals surface area contributed by atoms with E-state index in [0.717, 1.165) is 5.56 Å². The van der Waals surface area contributed by atoms with Crippen molar-refractivity contribution in [2.75, 3.05) is 13.1 Å². The number of nitrogens with zero attached hydrogens (tertiary/aromatic N) is 4. The molecule has 33 heavy (non-hydrogen) atoms. The number of aryl methyl sites for hydroxylation is 1. The number of carbonyl (C=O) groups excluding carboxylic acids is 1. The number of amides is 1. The quantitative estimate of drug-likeness (QED) is 0.589. The number of carbonyl (C=O) groups is 1. The molecule has 0 aliphatic carbocycles. The summed E-state index contributed by atoms with van der Waals surface area (Å²) in [6, 6.07) is 6.43. The van der Waals surface area contributed by atoms with Gasteiger partial charge in [0.15, 0.2) is 5.65 Å². The van der Waals surface area contributed by atoms with Crippen molar-refractivity contribution < 1.29 is 13.9 Å². The molecular formula is C25H29FN4O3. The van der Waals surface area contributed by atoms with E-state index in [1.54, 1.807) is 29.3 Å². The van der Waals surface area contributed by atoms with E-state index in [1.165, 1.54) is 16.8 Å². The van der Waals surface area contributed by atoms with Crippen molar-refractivity contribution in [3.63, 3.8) is 0 Å². The van der Waals surface area contributed by atoms with Crippen LogP contribution < -0.4 is 5.56 Å². The van der Waals surface area contributed by atoms with Gasteiger partial charge in [0.2, 0.25) is 0 Å². The summed E-state index contributed by atoms with van der Waals surface area (Å²) in [5, 5.41) is 0. The van der Waals surface area contributed by atoms with Gasteiger partial charge in [0.25, 0.3) is 5.56 Å². The zero-order chi connectivity index (χ0) is 23.8. The van der Waals surface area contributed by atoms with E-state index >= 15 is 0 Å². The number of rotatable bonds is 3. The molecule has 7 nitrogen and oxygen atoms in total. The third-order valence-electron chi connectivity index (χ3n) is 6.01. The standard InChI is InChI=1S/C25H29FN4O3/c1-16-20(17-9-13-29(14-10-17)24(32)33-25(2,3)4)23(31)30(22-21(16)27-11-12-28-22)15-18-7-5-6-8-19(18)26/h5-8,11-12,17H,9-10,13-15H2,1-4H3. The molecule has 4 rings (SSSR count). The SMILES string of the molecule is Cc1c(C2CCN(C(=O)OC(C)(C)C)CC2)c(=O)n(Cc2ccccc2F)c2nccnc12. The molecule has 1 aromatic carbocycles. The van der Waals surface area contributed by atoms with Crippen molar-refractivity contribution in [3.05, 3.63) is 69.5 Å². The summed E-state index contributed by atoms with van der Waals surface area (Å²) < 4.78 is 21.4. The highest BCUT2D eigenvalue weighted by Gasteiger charge is 2.30. The highest BCUT2D eigenvalue weighted by atomic mass is 19.1. The van der Waals surface area contributed by atoms with Gasteiger partial charge in [0, 0.05) is 36.6 Å². The van der Waals surface area contributed by atoms with E-state index in [-0.39, 0.29) is 29.9 Å². The van der Waals surface area contributed by atoms with E-state index in [1.807, 2.05) is 27.7 Å². The number of benzene rings is 1. The van der Waals surface area contributed by atoms with Gasteiger partial charge in [-0.05, 0) is 58.1 Å². The summed E-state index contributed by atoms with van der Waals surface area (Å²) in [4.78, 5) is 36.7. The van der Waals surface area contributed by atoms with Crippen molar-refractivity contribution >= 4 is 17.3 Å². The Morgan fingerprint density at radius 1 is 1.15 bits per heavy atom. The lowest BCUT2D eigenvalue weighted by molar-refractivity contribution is 0.0204. The van der Waals surface area contributed by atoms with E-state index in [9.17, 15) is 14.0 Å². The van der Waals surface area contributed by atoms with Crippen LogP contribution >= 0.6 is 0 Å². The van der Waals surface area contributed by atoms with Gasteiger partial charge in [-0.1, -0.05) is 18.2 Å². The van der Waals surface area contributed by atoms with Crippen molar-refractivity contribution in [2.24, 2.45) is 0 Å². The van der Waals surface area contributed by atoms with E-state index in [4.69, 9.17) is 4.74 Å². The molecule has 0 bridgehead atoms. The van der Waals surface area contributed by atoms with Gasteiger partial charge in [0.1, 0.15) is 16.9 Å². The number of ether oxygens (including phenoxy) is 1. The summed E-state index contributed by atoms with van der Waals surface area (Å²) in [6.45, 7) is 8.50. The first-order valence-corrected chi connectivity index (χ1v) is 11.2. The topological polar surface area (TPSA) is 77.3 Å². The minimum Gasteiger partial charge on any atom is -0.444 e. The maximum Gasteiger partial charge on any atom is 0.410 e. The normalized spacial score (nSPS) is 15.1. The molecule has 1 amide bonds. The number of likely N-dealkylation sites (tertiary alicyclic amines) is 1. The fraction of sp³-hybridized carbons (Fsp3) is 0.440. The molecule has 0 unspecified atom stereocenters. The van der Waals surface area contributed by atoms with Crippen LogP contribution in [0.15, 0.2) is 41.5 Å². The molecule has 3 heterocycles. The number of piperidine rings is 1. The largest absolute Gasteiger partial charge is 0.444 e. The summed E-state index contributed by atoms with van der Waals surface area (Å²) >= 11 is 0. The first kappa shape index (κ1) is 22.9. The van der Waals surface area contributed by atoms with E-state index in [2.05, 4.69) is 9.97 Å². The second-order valence-corrected chi connectivity index (χ2v) is 9.49. The second-order valence-electron chi connectivity index (χ2n) is 9.49. The number of aromatic nitrogens is 3. The lowest BCUT2D eigenvalue weighted by atomic mass is 9.87. The maximum absolute atomic E-state index is 14.4. The molecule has 0 radical (unpaired) electrons. The number of hydrogen-bond donors (Lipinski definition) is 0. The van der Waals surface area contributed by atoms with Crippen LogP contribution in [0.4, 0.5) is 9.18 Å². The zero-order valence-corrected chi connectivity index (χ0v) is 19.5. The Kier molecular flexibility index (Phi) is 6.19. The van der Waals surface area contributed by atoms with Gasteiger partial charge in [-0.15, -0.1) is 0 Å². The average molecular weight is 453 g/mol. The highest BCUT2D eigenvalue weighted by Crippen LogP contribution is 2.31. The Labute approximate surface area is 192 Å². The maximum atomic E-state index is 14.4. The Morgan fingerprint density at radius 3 is 2.48 bits per heavy atom. The van der Waals surface area contributed by atoms with Crippen LogP contribution in [0.25, 0.3) is 11.2 Å². The summed E-state index contributed by atoms with van der Waals surface area (Å²) in [6.07, 6.45) is 4.08. The van der Waals surface area contributed by atoms with Crippen LogP contribution in [-0.2, 0) is 11.3 Å². The molecule has 2 aromatic heterocycles. The minimum absolute atomic E-state index is 0.0329. The summed E-state index contributed by atoms with van der Waals surface area (Å²) in [5.74, 6) is -0.399. The molecule has 1 saturated heterocycles. The Balaban J connectivity index is 1.69. The molecule has 0 spiro atoms. The van der Waals surface area contributed by atoms with Crippen LogP contribution in [0.2, 0.25) is 0 Å². The molecule has 1 aliphatic heterocycles. The van der Waals surface area contributed by atoms with Crippen molar-refractivity contribution in [1.29, 1.82) is 0 Å². The van der Waals surface area contributed by atoms with Crippen LogP contribution in [0.5, 0.6) is 0 Å². The minimum atomic E-state index is -0.554. The first-order chi connectivity index (χ1) is 15.7. The first-order valence-electron chi connectivity index (χ1n) is 11.2. The van der Waals surface area contributed by atoms with Crippen LogP contribution in [0.3, 0.4) is 0 Å². The molecule has 0 N–H and O–H groups in total. The molecule has 0 saturated carbocycles. The molecule has 1 fully saturated rings. The van der Waals surface area contributed by atoms with Crippen LogP contribution in [-0.4, -0.2) is 44.2 Å². The molecule has 174 valence electrons. The molecule has 8 heteroatoms. The Morgan fingerprint density at radius 2 is 1.82 bits per heavy atom. The Hall–Kier alpha value is -3.29. The summed E-state index contributed by atoms with van der Waals surface area (Å²) in [7, 11) is 0. The number of hydrogen-bond acceptors (Lipinski definition) is 5. The van der Waals surface area contributed by atoms with Crippen molar-refractivity contribution in [3.8, 4) is 0 Å². The monoisotopic (exact) mass is 452 g/mol. The Bertz CT molecular complexity index is 1240. The fourth-order valence-corrected chi connectivity index (χ4v) is 4.42. The van der Waals surface area contributed by atoms with Crippen LogP contribution in [0, 0.1) is 12.7 Å². The zero-order valence-electron chi connectivity index (χ0n) is 19.5. The number of halogens is 1. The van der Waals surface area contributed by atoms with Crippen molar-refractivity contribution in [2.45, 2.75) is 58.6 Å². The summed E-state index contributed by atoms with van der Waals surface area (Å²) in [5.41, 5.74) is 2.23. The van der Waals surface area contributed by atoms with Gasteiger partial charge < -0.3 is 9.64 Å².